The van der Waals surface area contributed by atoms with E-state index in [1.165, 1.54) is 12.3 Å². The largest absolute Gasteiger partial charge is 0.658 e. The summed E-state index contributed by atoms with van der Waals surface area (Å²) < 4.78 is 28.0. The van der Waals surface area contributed by atoms with Gasteiger partial charge in [0.1, 0.15) is 24.1 Å². The Kier molecular flexibility index (Phi) is 7.51. The Hall–Kier alpha value is -1.02. The van der Waals surface area contributed by atoms with E-state index >= 15 is 0 Å². The van der Waals surface area contributed by atoms with Gasteiger partial charge in [-0.15, -0.1) is 0 Å². The highest BCUT2D eigenvalue weighted by Crippen LogP contribution is 2.57. The highest BCUT2D eigenvalue weighted by atomic mass is 31.2. The quantitative estimate of drug-likeness (QED) is 0.242. The van der Waals surface area contributed by atoms with Crippen molar-refractivity contribution in [2.45, 2.75) is 56.1 Å². The van der Waals surface area contributed by atoms with Crippen molar-refractivity contribution in [2.24, 2.45) is 5.92 Å². The molecule has 1 saturated carbocycles. The van der Waals surface area contributed by atoms with Crippen LogP contribution in [-0.4, -0.2) is 60.3 Å². The fourth-order valence-corrected chi connectivity index (χ4v) is 6.21. The number of nitrogen functional groups attached to an aromatic ring is 1. The van der Waals surface area contributed by atoms with E-state index in [-0.39, 0.29) is 5.82 Å². The Morgan fingerprint density at radius 1 is 1.35 bits per heavy atom. The van der Waals surface area contributed by atoms with Gasteiger partial charge in [0.25, 0.3) is 0 Å². The number of aliphatic hydroxyl groups excluding tert-OH is 2. The molecule has 0 bridgehead atoms. The van der Waals surface area contributed by atoms with Gasteiger partial charge in [-0.3, -0.25) is 14.0 Å². The first kappa shape index (κ1) is 24.6. The monoisotopic (exact) mass is 484 g/mol. The zero-order valence-corrected chi connectivity index (χ0v) is 18.0. The van der Waals surface area contributed by atoms with E-state index in [1.807, 2.05) is 0 Å². The summed E-state index contributed by atoms with van der Waals surface area (Å²) in [6.45, 7) is -0.786. The smallest absolute Gasteiger partial charge is 0.475 e. The lowest BCUT2D eigenvalue weighted by Gasteiger charge is -2.38. The van der Waals surface area contributed by atoms with Gasteiger partial charge in [0.05, 0.1) is 14.6 Å². The average Bonchev–Trinajstić information content (AvgIpc) is 3.28. The van der Waals surface area contributed by atoms with Gasteiger partial charge in [-0.25, -0.2) is 13.9 Å². The lowest BCUT2D eigenvalue weighted by Crippen LogP contribution is -2.38. The maximum absolute atomic E-state index is 12.3. The van der Waals surface area contributed by atoms with E-state index in [2.05, 4.69) is 4.98 Å². The van der Waals surface area contributed by atoms with E-state index in [0.717, 1.165) is 4.57 Å². The van der Waals surface area contributed by atoms with Crippen LogP contribution in [0.25, 0.3) is 0 Å². The molecular weight excluding hydrogens is 460 g/mol. The predicted molar refractivity (Wildman–Crippen MR) is 101 cm³/mol. The second-order valence-corrected chi connectivity index (χ2v) is 10.5. The van der Waals surface area contributed by atoms with Crippen molar-refractivity contribution in [3.05, 3.63) is 22.7 Å². The Balaban J connectivity index is 1.65. The molecule has 2 unspecified atom stereocenters. The maximum Gasteiger partial charge on any atom is 0.475 e. The van der Waals surface area contributed by atoms with Gasteiger partial charge < -0.3 is 35.4 Å². The van der Waals surface area contributed by atoms with Gasteiger partial charge in [0.15, 0.2) is 12.1 Å². The number of phosphoric acid groups is 1. The number of aromatic nitrogens is 2. The molecule has 6 N–H and O–H groups in total. The Morgan fingerprint density at radius 2 is 2.00 bits per heavy atom. The molecule has 0 amide bonds. The summed E-state index contributed by atoms with van der Waals surface area (Å²) in [6, 6.07) is 1.27. The lowest BCUT2D eigenvalue weighted by atomic mass is 10.1. The van der Waals surface area contributed by atoms with Crippen molar-refractivity contribution in [2.75, 3.05) is 12.3 Å². The Bertz CT molecular complexity index is 872. The molecule has 176 valence electrons. The van der Waals surface area contributed by atoms with Gasteiger partial charge in [0, 0.05) is 12.1 Å². The highest BCUT2D eigenvalue weighted by Gasteiger charge is 2.47. The van der Waals surface area contributed by atoms with Crippen LogP contribution in [0.2, 0.25) is 0 Å². The molecule has 14 nitrogen and oxygen atoms in total. The molecule has 0 radical (unpaired) electrons. The summed E-state index contributed by atoms with van der Waals surface area (Å²) in [5, 5.41) is 20.3. The van der Waals surface area contributed by atoms with Crippen molar-refractivity contribution in [1.82, 2.24) is 9.55 Å². The zero-order valence-electron chi connectivity index (χ0n) is 16.2. The summed E-state index contributed by atoms with van der Waals surface area (Å²) in [7, 11) is -10.1. The number of hydrogen-bond acceptors (Lipinski definition) is 12. The molecule has 1 aliphatic carbocycles. The number of anilines is 1. The first-order valence-electron chi connectivity index (χ1n) is 9.44. The van der Waals surface area contributed by atoms with Crippen LogP contribution in [0.4, 0.5) is 5.82 Å². The van der Waals surface area contributed by atoms with Crippen LogP contribution < -0.4 is 21.2 Å². The standard InChI is InChI=1S/C15H25N3O11P2/c16-10-5-6-18(15(21)17-10)13-12(20)11(19)9(28-13)7-27-31(25,26)29-14(30(22,23)24)8-3-1-2-4-8/h5-6,8-9,11-14,19-20H,1-4,7H2,(H,25,26)(H2,16,17,21)(H2,22,23,24)/p-1/t9-,11-,12-,13-,14?/m1/s1. The van der Waals surface area contributed by atoms with Crippen LogP contribution in [0.1, 0.15) is 31.9 Å². The fourth-order valence-electron chi connectivity index (χ4n) is 3.71. The maximum atomic E-state index is 12.3. The van der Waals surface area contributed by atoms with Crippen molar-refractivity contribution >= 4 is 21.6 Å². The third-order valence-corrected chi connectivity index (χ3v) is 7.54. The second kappa shape index (κ2) is 9.46. The molecule has 6 atom stereocenters. The summed E-state index contributed by atoms with van der Waals surface area (Å²) in [6.07, 6.45) is -2.65. The number of nitrogens with two attached hydrogens (primary N) is 1. The lowest BCUT2D eigenvalue weighted by molar-refractivity contribution is -0.341. The predicted octanol–water partition coefficient (Wildman–Crippen LogP) is -2.43. The molecule has 0 aromatic carbocycles. The molecule has 2 fully saturated rings. The van der Waals surface area contributed by atoms with Crippen LogP contribution in [0.5, 0.6) is 0 Å². The first-order chi connectivity index (χ1) is 14.4. The topological polar surface area (TPSA) is 233 Å². The number of hydrogen-bond donors (Lipinski definition) is 5. The number of rotatable bonds is 8. The number of ether oxygens (including phenoxy) is 1. The molecule has 1 aliphatic heterocycles. The minimum atomic E-state index is -5.11. The fraction of sp³-hybridized carbons (Fsp3) is 0.733. The molecule has 3 rings (SSSR count). The van der Waals surface area contributed by atoms with Gasteiger partial charge in [-0.05, 0) is 18.9 Å². The van der Waals surface area contributed by atoms with E-state index in [0.29, 0.717) is 25.7 Å². The molecule has 31 heavy (non-hydrogen) atoms. The van der Waals surface area contributed by atoms with Gasteiger partial charge in [-0.2, -0.15) is 4.98 Å². The van der Waals surface area contributed by atoms with E-state index in [1.54, 1.807) is 0 Å². The summed E-state index contributed by atoms with van der Waals surface area (Å²) in [5.74, 6) is -2.65. The minimum absolute atomic E-state index is 0.0658. The molecule has 2 heterocycles. The van der Waals surface area contributed by atoms with Crippen molar-refractivity contribution in [3.8, 4) is 0 Å². The second-order valence-electron chi connectivity index (χ2n) is 7.46. The highest BCUT2D eigenvalue weighted by molar-refractivity contribution is 7.57. The normalized spacial score (nSPS) is 30.4. The van der Waals surface area contributed by atoms with E-state index < -0.39 is 64.4 Å². The molecule has 1 aromatic rings. The van der Waals surface area contributed by atoms with Gasteiger partial charge >= 0.3 is 13.5 Å². The molecule has 0 spiro atoms. The van der Waals surface area contributed by atoms with Crippen molar-refractivity contribution in [3.63, 3.8) is 0 Å². The Labute approximate surface area is 177 Å². The van der Waals surface area contributed by atoms with Crippen LogP contribution in [0.15, 0.2) is 17.1 Å². The third-order valence-electron chi connectivity index (χ3n) is 5.23. The van der Waals surface area contributed by atoms with Crippen LogP contribution >= 0.6 is 15.8 Å². The molecule has 1 saturated heterocycles. The average molecular weight is 484 g/mol. The minimum Gasteiger partial charge on any atom is -0.658 e. The zero-order chi connectivity index (χ0) is 23.0. The van der Waals surface area contributed by atoms with Crippen LogP contribution in [0.3, 0.4) is 0 Å². The van der Waals surface area contributed by atoms with Gasteiger partial charge in [-0.1, -0.05) is 12.8 Å². The summed E-state index contributed by atoms with van der Waals surface area (Å²) in [4.78, 5) is 58.0. The summed E-state index contributed by atoms with van der Waals surface area (Å²) in [5.41, 5.74) is 4.54. The third kappa shape index (κ3) is 5.86. The van der Waals surface area contributed by atoms with Crippen LogP contribution in [0, 0.1) is 5.92 Å². The van der Waals surface area contributed by atoms with Crippen LogP contribution in [-0.2, 0) is 18.3 Å². The van der Waals surface area contributed by atoms with Gasteiger partial charge in [0.2, 0.25) is 0 Å². The first-order valence-corrected chi connectivity index (χ1v) is 12.6. The summed E-state index contributed by atoms with van der Waals surface area (Å²) >= 11 is 0. The SMILES string of the molecule is Nc1ccn([C@@H]2O[C@H](COP(=O)(O)OC(C3CCCC3)[P+]([O-])([O-])O)[C@@H](O)[C@H]2O)c(=O)n1. The number of nitrogens with zero attached hydrogens (tertiary/aromatic N) is 2. The number of aliphatic hydroxyl groups is 2. The Morgan fingerprint density at radius 3 is 2.58 bits per heavy atom. The molecule has 1 aromatic heterocycles. The van der Waals surface area contributed by atoms with Crippen molar-refractivity contribution in [1.29, 1.82) is 0 Å². The molecular formula is C15H24N3O11P2-. The van der Waals surface area contributed by atoms with E-state index in [4.69, 9.17) is 19.5 Å². The molecule has 16 heteroatoms. The van der Waals surface area contributed by atoms with E-state index in [9.17, 15) is 39.1 Å². The number of phosphoric ester groups is 1. The molecule has 2 aliphatic rings. The van der Waals surface area contributed by atoms with Crippen molar-refractivity contribution < 1.29 is 48.1 Å².